The smallest absolute Gasteiger partial charge is 0.237 e. The van der Waals surface area contributed by atoms with Crippen LogP contribution in [0.2, 0.25) is 0 Å². The molecular weight excluding hydrogens is 285 g/mol. The van der Waals surface area contributed by atoms with E-state index in [0.29, 0.717) is 5.69 Å². The van der Waals surface area contributed by atoms with Crippen LogP contribution in [0.4, 0.5) is 10.1 Å². The van der Waals surface area contributed by atoms with Crippen LogP contribution in [-0.4, -0.2) is 18.5 Å². The van der Waals surface area contributed by atoms with Crippen LogP contribution >= 0.6 is 0 Å². The van der Waals surface area contributed by atoms with Gasteiger partial charge in [0.05, 0.1) is 0 Å². The molecule has 0 radical (unpaired) electrons. The van der Waals surface area contributed by atoms with E-state index < -0.39 is 12.2 Å². The van der Waals surface area contributed by atoms with Gasteiger partial charge < -0.3 is 14.8 Å². The SMILES string of the molecule is CC1OC(C(C(=O)Nc2ccc(F)cc2)c2ccccc2)O1. The molecule has 22 heavy (non-hydrogen) atoms. The molecule has 0 aliphatic carbocycles. The molecule has 1 unspecified atom stereocenters. The number of anilines is 1. The molecular formula is C17H16FNO3. The highest BCUT2D eigenvalue weighted by Crippen LogP contribution is 2.32. The van der Waals surface area contributed by atoms with Gasteiger partial charge >= 0.3 is 0 Å². The van der Waals surface area contributed by atoms with E-state index in [-0.39, 0.29) is 18.0 Å². The van der Waals surface area contributed by atoms with Crippen molar-refractivity contribution in [3.63, 3.8) is 0 Å². The van der Waals surface area contributed by atoms with Crippen LogP contribution in [0.5, 0.6) is 0 Å². The number of ether oxygens (including phenoxy) is 2. The molecule has 3 rings (SSSR count). The van der Waals surface area contributed by atoms with Gasteiger partial charge in [0.25, 0.3) is 0 Å². The molecule has 1 heterocycles. The van der Waals surface area contributed by atoms with Crippen LogP contribution in [0.1, 0.15) is 18.4 Å². The summed E-state index contributed by atoms with van der Waals surface area (Å²) in [6.07, 6.45) is -0.923. The topological polar surface area (TPSA) is 47.6 Å². The fraction of sp³-hybridized carbons (Fsp3) is 0.235. The van der Waals surface area contributed by atoms with Crippen molar-refractivity contribution in [3.8, 4) is 0 Å². The van der Waals surface area contributed by atoms with Gasteiger partial charge in [-0.15, -0.1) is 0 Å². The van der Waals surface area contributed by atoms with Gasteiger partial charge in [-0.1, -0.05) is 30.3 Å². The summed E-state index contributed by atoms with van der Waals surface area (Å²) in [6.45, 7) is 1.77. The molecule has 1 aliphatic rings. The summed E-state index contributed by atoms with van der Waals surface area (Å²) >= 11 is 0. The van der Waals surface area contributed by atoms with Crippen LogP contribution in [0.25, 0.3) is 0 Å². The molecule has 2 aromatic rings. The fourth-order valence-electron chi connectivity index (χ4n) is 2.39. The van der Waals surface area contributed by atoms with Gasteiger partial charge in [-0.3, -0.25) is 4.79 Å². The molecule has 0 spiro atoms. The van der Waals surface area contributed by atoms with E-state index in [1.807, 2.05) is 30.3 Å². The first-order valence-corrected chi connectivity index (χ1v) is 7.06. The predicted molar refractivity (Wildman–Crippen MR) is 79.6 cm³/mol. The molecule has 1 saturated heterocycles. The molecule has 1 N–H and O–H groups in total. The molecule has 0 saturated carbocycles. The Balaban J connectivity index is 1.79. The second kappa shape index (κ2) is 6.25. The summed E-state index contributed by atoms with van der Waals surface area (Å²) in [7, 11) is 0. The van der Waals surface area contributed by atoms with Crippen LogP contribution < -0.4 is 5.32 Å². The lowest BCUT2D eigenvalue weighted by atomic mass is 9.96. The fourth-order valence-corrected chi connectivity index (χ4v) is 2.39. The van der Waals surface area contributed by atoms with Crippen molar-refractivity contribution in [1.82, 2.24) is 0 Å². The summed E-state index contributed by atoms with van der Waals surface area (Å²) in [6, 6.07) is 14.9. The summed E-state index contributed by atoms with van der Waals surface area (Å²) in [4.78, 5) is 12.6. The van der Waals surface area contributed by atoms with Crippen molar-refractivity contribution < 1.29 is 18.7 Å². The summed E-state index contributed by atoms with van der Waals surface area (Å²) in [5.74, 6) is -1.19. The van der Waals surface area contributed by atoms with Crippen LogP contribution in [0.15, 0.2) is 54.6 Å². The first-order chi connectivity index (χ1) is 10.6. The summed E-state index contributed by atoms with van der Waals surface area (Å²) in [5.41, 5.74) is 1.33. The lowest BCUT2D eigenvalue weighted by molar-refractivity contribution is -0.379. The minimum atomic E-state index is -0.613. The number of halogens is 1. The van der Waals surface area contributed by atoms with E-state index in [9.17, 15) is 9.18 Å². The zero-order chi connectivity index (χ0) is 15.5. The monoisotopic (exact) mass is 301 g/mol. The number of benzene rings is 2. The number of rotatable bonds is 4. The standard InChI is InChI=1S/C17H16FNO3/c1-11-21-17(22-11)15(12-5-3-2-4-6-12)16(20)19-14-9-7-13(18)8-10-14/h2-11,15,17H,1H3,(H,19,20). The van der Waals surface area contributed by atoms with Crippen molar-refractivity contribution in [3.05, 3.63) is 66.0 Å². The van der Waals surface area contributed by atoms with Crippen molar-refractivity contribution in [2.24, 2.45) is 0 Å². The van der Waals surface area contributed by atoms with Gasteiger partial charge in [0.15, 0.2) is 12.6 Å². The molecule has 1 aliphatic heterocycles. The van der Waals surface area contributed by atoms with Crippen LogP contribution in [0, 0.1) is 5.82 Å². The van der Waals surface area contributed by atoms with E-state index in [2.05, 4.69) is 5.32 Å². The van der Waals surface area contributed by atoms with E-state index in [0.717, 1.165) is 5.56 Å². The lowest BCUT2D eigenvalue weighted by Crippen LogP contribution is -2.46. The van der Waals surface area contributed by atoms with Crippen LogP contribution in [-0.2, 0) is 14.3 Å². The third kappa shape index (κ3) is 3.16. The Morgan fingerprint density at radius 3 is 2.32 bits per heavy atom. The average molecular weight is 301 g/mol. The Labute approximate surface area is 127 Å². The maximum absolute atomic E-state index is 12.9. The Morgan fingerprint density at radius 1 is 1.09 bits per heavy atom. The second-order valence-corrected chi connectivity index (χ2v) is 5.09. The van der Waals surface area contributed by atoms with Crippen molar-refractivity contribution in [2.75, 3.05) is 5.32 Å². The first-order valence-electron chi connectivity index (χ1n) is 7.06. The minimum absolute atomic E-state index is 0.255. The maximum Gasteiger partial charge on any atom is 0.237 e. The number of carbonyl (C=O) groups is 1. The molecule has 114 valence electrons. The number of nitrogens with one attached hydrogen (secondary N) is 1. The Morgan fingerprint density at radius 2 is 1.73 bits per heavy atom. The molecule has 5 heteroatoms. The van der Waals surface area contributed by atoms with Gasteiger partial charge in [0.2, 0.25) is 5.91 Å². The molecule has 0 aromatic heterocycles. The molecule has 1 fully saturated rings. The van der Waals surface area contributed by atoms with Crippen molar-refractivity contribution in [1.29, 1.82) is 0 Å². The maximum atomic E-state index is 12.9. The third-order valence-electron chi connectivity index (χ3n) is 3.48. The highest BCUT2D eigenvalue weighted by Gasteiger charge is 2.40. The van der Waals surface area contributed by atoms with Gasteiger partial charge in [-0.05, 0) is 36.8 Å². The Kier molecular flexibility index (Phi) is 4.18. The molecule has 0 bridgehead atoms. The summed E-state index contributed by atoms with van der Waals surface area (Å²) < 4.78 is 23.9. The first kappa shape index (κ1) is 14.7. The third-order valence-corrected chi connectivity index (χ3v) is 3.48. The van der Waals surface area contributed by atoms with E-state index in [1.54, 1.807) is 6.92 Å². The van der Waals surface area contributed by atoms with Crippen LogP contribution in [0.3, 0.4) is 0 Å². The van der Waals surface area contributed by atoms with E-state index in [1.165, 1.54) is 24.3 Å². The molecule has 2 aromatic carbocycles. The van der Waals surface area contributed by atoms with Gasteiger partial charge in [0, 0.05) is 5.69 Å². The van der Waals surface area contributed by atoms with E-state index in [4.69, 9.17) is 9.47 Å². The molecule has 1 atom stereocenters. The zero-order valence-electron chi connectivity index (χ0n) is 12.0. The van der Waals surface area contributed by atoms with Gasteiger partial charge in [-0.25, -0.2) is 4.39 Å². The minimum Gasteiger partial charge on any atom is -0.325 e. The number of hydrogen-bond acceptors (Lipinski definition) is 3. The van der Waals surface area contributed by atoms with Gasteiger partial charge in [-0.2, -0.15) is 0 Å². The van der Waals surface area contributed by atoms with E-state index >= 15 is 0 Å². The second-order valence-electron chi connectivity index (χ2n) is 5.09. The normalized spacial score (nSPS) is 21.7. The van der Waals surface area contributed by atoms with Crippen molar-refractivity contribution in [2.45, 2.75) is 25.4 Å². The predicted octanol–water partition coefficient (Wildman–Crippen LogP) is 3.27. The number of amides is 1. The lowest BCUT2D eigenvalue weighted by Gasteiger charge is -2.38. The highest BCUT2D eigenvalue weighted by atomic mass is 19.1. The largest absolute Gasteiger partial charge is 0.325 e. The zero-order valence-corrected chi connectivity index (χ0v) is 12.0. The van der Waals surface area contributed by atoms with Gasteiger partial charge in [0.1, 0.15) is 11.7 Å². The average Bonchev–Trinajstić information content (AvgIpc) is 2.49. The highest BCUT2D eigenvalue weighted by molar-refractivity contribution is 5.96. The van der Waals surface area contributed by atoms with Crippen molar-refractivity contribution >= 4 is 11.6 Å². The molecule has 4 nitrogen and oxygen atoms in total. The quantitative estimate of drug-likeness (QED) is 0.943. The number of hydrogen-bond donors (Lipinski definition) is 1. The molecule has 1 amide bonds. The number of carbonyl (C=O) groups excluding carboxylic acids is 1. The Bertz CT molecular complexity index is 639. The summed E-state index contributed by atoms with van der Waals surface area (Å²) in [5, 5.41) is 2.77. The Hall–Kier alpha value is -2.24.